The van der Waals surface area contributed by atoms with E-state index < -0.39 is 5.41 Å². The molecule has 0 bridgehead atoms. The van der Waals surface area contributed by atoms with Gasteiger partial charge in [-0.3, -0.25) is 9.89 Å². The predicted molar refractivity (Wildman–Crippen MR) is 111 cm³/mol. The summed E-state index contributed by atoms with van der Waals surface area (Å²) in [5.74, 6) is 1.72. The number of nitrogens with one attached hydrogen (secondary N) is 2. The van der Waals surface area contributed by atoms with E-state index in [2.05, 4.69) is 42.4 Å². The molecule has 5 nitrogen and oxygen atoms in total. The Bertz CT molecular complexity index is 1100. The Morgan fingerprint density at radius 2 is 2.03 bits per heavy atom. The third-order valence-electron chi connectivity index (χ3n) is 6.74. The van der Waals surface area contributed by atoms with Gasteiger partial charge in [-0.25, -0.2) is 0 Å². The van der Waals surface area contributed by atoms with Gasteiger partial charge in [-0.15, -0.1) is 0 Å². The second-order valence-electron chi connectivity index (χ2n) is 9.81. The van der Waals surface area contributed by atoms with Crippen LogP contribution in [0.4, 0.5) is 5.82 Å². The number of nitrogens with zero attached hydrogens (tertiary/aromatic N) is 2. The second-order valence-corrected chi connectivity index (χ2v) is 9.81. The average Bonchev–Trinajstić information content (AvgIpc) is 3.39. The van der Waals surface area contributed by atoms with Gasteiger partial charge in [-0.2, -0.15) is 10.4 Å². The number of aromatic nitrogens is 2. The number of anilines is 1. The molecule has 1 aromatic carbocycles. The second kappa shape index (κ2) is 6.06. The van der Waals surface area contributed by atoms with Crippen molar-refractivity contribution in [3.8, 4) is 6.07 Å². The highest BCUT2D eigenvalue weighted by Crippen LogP contribution is 2.53. The molecule has 1 aromatic heterocycles. The lowest BCUT2D eigenvalue weighted by Crippen LogP contribution is -2.42. The third-order valence-corrected chi connectivity index (χ3v) is 6.74. The van der Waals surface area contributed by atoms with Gasteiger partial charge >= 0.3 is 0 Å². The first-order valence-electron chi connectivity index (χ1n) is 10.4. The Morgan fingerprint density at radius 3 is 2.76 bits per heavy atom. The van der Waals surface area contributed by atoms with Gasteiger partial charge in [0.15, 0.2) is 11.6 Å². The molecule has 0 saturated heterocycles. The van der Waals surface area contributed by atoms with Crippen LogP contribution in [0.3, 0.4) is 0 Å². The van der Waals surface area contributed by atoms with Crippen LogP contribution in [-0.2, 0) is 16.6 Å². The van der Waals surface area contributed by atoms with Gasteiger partial charge in [-0.05, 0) is 61.6 Å². The number of fused-ring (bicyclic) bond motifs is 1. The molecule has 5 heteroatoms. The molecule has 0 spiro atoms. The monoisotopic (exact) mass is 386 g/mol. The van der Waals surface area contributed by atoms with Crippen molar-refractivity contribution < 1.29 is 4.79 Å². The molecular weight excluding hydrogens is 360 g/mol. The van der Waals surface area contributed by atoms with Crippen LogP contribution < -0.4 is 5.32 Å². The molecule has 1 fully saturated rings. The SMILES string of the molecule is CC1(C)CC(=O)C2=C(C1)Nc1n[nH]c(CC3CC3)c1[C@]2(C)c1cccc(C#N)c1. The number of carbonyl (C=O) groups is 1. The van der Waals surface area contributed by atoms with E-state index in [1.54, 1.807) is 0 Å². The number of ketones is 1. The van der Waals surface area contributed by atoms with Crippen molar-refractivity contribution in [1.29, 1.82) is 5.26 Å². The number of allylic oxidation sites excluding steroid dienone is 2. The topological polar surface area (TPSA) is 81.6 Å². The highest BCUT2D eigenvalue weighted by Gasteiger charge is 2.50. The van der Waals surface area contributed by atoms with Crippen molar-refractivity contribution in [3.05, 3.63) is 57.9 Å². The van der Waals surface area contributed by atoms with Crippen LogP contribution in [-0.4, -0.2) is 16.0 Å². The highest BCUT2D eigenvalue weighted by atomic mass is 16.1. The van der Waals surface area contributed by atoms with E-state index in [-0.39, 0.29) is 11.2 Å². The summed E-state index contributed by atoms with van der Waals surface area (Å²) in [6.45, 7) is 6.42. The van der Waals surface area contributed by atoms with E-state index in [4.69, 9.17) is 0 Å². The fraction of sp³-hybridized carbons (Fsp3) is 0.458. The van der Waals surface area contributed by atoms with E-state index in [1.807, 2.05) is 24.3 Å². The van der Waals surface area contributed by atoms with Crippen molar-refractivity contribution in [1.82, 2.24) is 10.2 Å². The highest BCUT2D eigenvalue weighted by molar-refractivity contribution is 6.03. The molecule has 0 radical (unpaired) electrons. The van der Waals surface area contributed by atoms with Gasteiger partial charge in [0.2, 0.25) is 0 Å². The summed E-state index contributed by atoms with van der Waals surface area (Å²) in [7, 11) is 0. The molecule has 2 N–H and O–H groups in total. The van der Waals surface area contributed by atoms with Crippen LogP contribution >= 0.6 is 0 Å². The Morgan fingerprint density at radius 1 is 1.24 bits per heavy atom. The fourth-order valence-electron chi connectivity index (χ4n) is 5.23. The number of Topliss-reactive ketones (excluding diaryl/α,β-unsaturated/α-hetero) is 1. The Hall–Kier alpha value is -2.87. The van der Waals surface area contributed by atoms with E-state index in [0.717, 1.165) is 46.8 Å². The largest absolute Gasteiger partial charge is 0.342 e. The maximum Gasteiger partial charge on any atom is 0.162 e. The number of hydrogen-bond acceptors (Lipinski definition) is 4. The zero-order valence-electron chi connectivity index (χ0n) is 17.2. The summed E-state index contributed by atoms with van der Waals surface area (Å²) in [6.07, 6.45) is 4.81. The molecule has 0 amide bonds. The third kappa shape index (κ3) is 2.81. The van der Waals surface area contributed by atoms with Crippen LogP contribution in [0.15, 0.2) is 35.5 Å². The van der Waals surface area contributed by atoms with Crippen molar-refractivity contribution in [2.45, 2.75) is 58.3 Å². The molecule has 2 aliphatic carbocycles. The average molecular weight is 386 g/mol. The Balaban J connectivity index is 1.76. The molecule has 1 aliphatic heterocycles. The lowest BCUT2D eigenvalue weighted by Gasteiger charge is -2.44. The fourth-order valence-corrected chi connectivity index (χ4v) is 5.23. The van der Waals surface area contributed by atoms with E-state index in [9.17, 15) is 10.1 Å². The number of carbonyl (C=O) groups excluding carboxylic acids is 1. The molecule has 2 heterocycles. The standard InChI is InChI=1S/C24H26N4O/c1-23(2)11-18-20(19(29)12-23)24(3,16-6-4-5-15(9-16)13-25)21-17(10-14-7-8-14)27-28-22(21)26-18/h4-6,9,14H,7-8,10-12H2,1-3H3,(H2,26,27,28)/t24-/m1/s1. The molecule has 3 aliphatic rings. The quantitative estimate of drug-likeness (QED) is 0.807. The van der Waals surface area contributed by atoms with Crippen molar-refractivity contribution in [2.75, 3.05) is 5.32 Å². The maximum absolute atomic E-state index is 13.5. The normalized spacial score (nSPS) is 25.1. The van der Waals surface area contributed by atoms with E-state index in [1.165, 1.54) is 12.8 Å². The Kier molecular flexibility index (Phi) is 3.80. The zero-order valence-corrected chi connectivity index (χ0v) is 17.2. The van der Waals surface area contributed by atoms with Crippen LogP contribution in [0.2, 0.25) is 0 Å². The van der Waals surface area contributed by atoms with Gasteiger partial charge in [-0.1, -0.05) is 26.0 Å². The summed E-state index contributed by atoms with van der Waals surface area (Å²) in [4.78, 5) is 13.5. The molecule has 5 rings (SSSR count). The first-order valence-corrected chi connectivity index (χ1v) is 10.4. The lowest BCUT2D eigenvalue weighted by atomic mass is 9.61. The Labute approximate surface area is 171 Å². The van der Waals surface area contributed by atoms with E-state index >= 15 is 0 Å². The minimum Gasteiger partial charge on any atom is -0.342 e. The van der Waals surface area contributed by atoms with Gasteiger partial charge < -0.3 is 5.32 Å². The minimum atomic E-state index is -0.617. The molecule has 148 valence electrons. The molecule has 0 unspecified atom stereocenters. The summed E-state index contributed by atoms with van der Waals surface area (Å²) >= 11 is 0. The van der Waals surface area contributed by atoms with Crippen LogP contribution in [0.1, 0.15) is 68.8 Å². The van der Waals surface area contributed by atoms with Crippen LogP contribution in [0.25, 0.3) is 0 Å². The summed E-state index contributed by atoms with van der Waals surface area (Å²) in [5, 5.41) is 20.9. The summed E-state index contributed by atoms with van der Waals surface area (Å²) in [5.41, 5.74) is 4.91. The number of H-pyrrole nitrogens is 1. The molecule has 1 atom stereocenters. The maximum atomic E-state index is 13.5. The van der Waals surface area contributed by atoms with Crippen LogP contribution in [0.5, 0.6) is 0 Å². The van der Waals surface area contributed by atoms with Crippen molar-refractivity contribution >= 4 is 11.6 Å². The molecule has 29 heavy (non-hydrogen) atoms. The smallest absolute Gasteiger partial charge is 0.162 e. The van der Waals surface area contributed by atoms with Crippen molar-refractivity contribution in [2.24, 2.45) is 11.3 Å². The predicted octanol–water partition coefficient (Wildman–Crippen LogP) is 4.61. The first-order chi connectivity index (χ1) is 13.8. The van der Waals surface area contributed by atoms with Crippen molar-refractivity contribution in [3.63, 3.8) is 0 Å². The zero-order chi connectivity index (χ0) is 20.4. The number of aromatic amines is 1. The number of hydrogen-bond donors (Lipinski definition) is 2. The molecular formula is C24H26N4O. The summed E-state index contributed by atoms with van der Waals surface area (Å²) < 4.78 is 0. The van der Waals surface area contributed by atoms with E-state index in [0.29, 0.717) is 17.9 Å². The lowest BCUT2D eigenvalue weighted by molar-refractivity contribution is -0.118. The molecule has 1 saturated carbocycles. The minimum absolute atomic E-state index is 0.0804. The van der Waals surface area contributed by atoms with Crippen LogP contribution in [0, 0.1) is 22.7 Å². The van der Waals surface area contributed by atoms with Gasteiger partial charge in [0.1, 0.15) is 0 Å². The number of benzene rings is 1. The summed E-state index contributed by atoms with van der Waals surface area (Å²) in [6, 6.07) is 9.96. The number of rotatable bonds is 3. The molecule has 2 aromatic rings. The first kappa shape index (κ1) is 18.2. The number of nitriles is 1. The van der Waals surface area contributed by atoms with Gasteiger partial charge in [0.25, 0.3) is 0 Å². The van der Waals surface area contributed by atoms with Gasteiger partial charge in [0, 0.05) is 28.9 Å². The van der Waals surface area contributed by atoms with Gasteiger partial charge in [0.05, 0.1) is 17.0 Å².